The molecule has 6 nitrogen and oxygen atoms in total. The van der Waals surface area contributed by atoms with Crippen LogP contribution in [0.2, 0.25) is 0 Å². The lowest BCUT2D eigenvalue weighted by molar-refractivity contribution is 0.00578. The molecule has 0 bridgehead atoms. The molecular weight excluding hydrogens is 1920 g/mol. The molecule has 0 amide bonds. The topological polar surface area (TPSA) is 38.2 Å². The SMILES string of the molecule is Cc1ccc(-n2c3ccc(-c4ccc5c(c4)c4cc(-c6cccc7c6sc6c(C)cccc67)ccc4n5-c4ccc(C)cc4)cc3c3cc(-c4cccc5c4sc4c(C)cccc45)ccc32)cc1.Cc1ccc(-n2c3ccc(B4OC(C)(C)C(C)(C)O4)cc3c3cc(-c4cccc5c4sc4c(C)cccc45)ccc32)cc1.Cc1ccc(-n2c3ccc(Br)cc3c3cc(-c4cccc5c4sc4c(C)cccc45)ccc32)cc1. The number of fused-ring (bicyclic) bond motifs is 24. The van der Waals surface area contributed by atoms with Crippen molar-refractivity contribution in [2.45, 2.75) is 94.3 Å². The zero-order chi connectivity index (χ0) is 98.7. The molecule has 9 heterocycles. The van der Waals surface area contributed by atoms with Gasteiger partial charge >= 0.3 is 7.12 Å². The van der Waals surface area contributed by atoms with Crippen LogP contribution >= 0.6 is 61.3 Å². The second kappa shape index (κ2) is 34.6. The van der Waals surface area contributed by atoms with Gasteiger partial charge in [0.15, 0.2) is 0 Å². The first-order valence-corrected chi connectivity index (χ1v) is 54.4. The minimum Gasteiger partial charge on any atom is -0.399 e. The van der Waals surface area contributed by atoms with Crippen molar-refractivity contribution in [2.75, 3.05) is 0 Å². The third kappa shape index (κ3) is 14.6. The lowest BCUT2D eigenvalue weighted by Gasteiger charge is -2.32. The summed E-state index contributed by atoms with van der Waals surface area (Å²) in [6.45, 7) is 25.9. The van der Waals surface area contributed by atoms with E-state index in [4.69, 9.17) is 9.31 Å². The fourth-order valence-electron chi connectivity index (χ4n) is 22.9. The number of halogens is 1. The minimum atomic E-state index is -0.411. The Morgan fingerprint density at radius 2 is 0.418 bits per heavy atom. The Bertz CT molecular complexity index is 10000. The summed E-state index contributed by atoms with van der Waals surface area (Å²) in [5, 5.41) is 20.6. The highest BCUT2D eigenvalue weighted by Crippen LogP contribution is 2.52. The third-order valence-electron chi connectivity index (χ3n) is 31.2. The van der Waals surface area contributed by atoms with Crippen LogP contribution in [0.4, 0.5) is 0 Å². The van der Waals surface area contributed by atoms with Crippen molar-refractivity contribution >= 4 is 242 Å². The zero-order valence-electron chi connectivity index (χ0n) is 83.1. The molecule has 0 aliphatic carbocycles. The van der Waals surface area contributed by atoms with Gasteiger partial charge in [-0.25, -0.2) is 0 Å². The lowest BCUT2D eigenvalue weighted by atomic mass is 9.78. The Labute approximate surface area is 871 Å². The van der Waals surface area contributed by atoms with Crippen molar-refractivity contribution in [1.82, 2.24) is 18.3 Å². The van der Waals surface area contributed by atoms with Crippen LogP contribution in [0, 0.1) is 55.4 Å². The second-order valence-corrected chi connectivity index (χ2v) is 46.0. The summed E-state index contributed by atoms with van der Waals surface area (Å²) in [6.07, 6.45) is 0. The van der Waals surface area contributed by atoms with E-state index < -0.39 is 18.3 Å². The van der Waals surface area contributed by atoms with Crippen LogP contribution in [0.3, 0.4) is 0 Å². The number of rotatable bonds is 10. The van der Waals surface area contributed by atoms with Crippen LogP contribution in [-0.4, -0.2) is 36.6 Å². The van der Waals surface area contributed by atoms with E-state index in [1.165, 1.54) is 285 Å². The van der Waals surface area contributed by atoms with Gasteiger partial charge in [-0.05, 0) is 312 Å². The molecule has 146 heavy (non-hydrogen) atoms. The van der Waals surface area contributed by atoms with E-state index >= 15 is 0 Å². The first-order chi connectivity index (χ1) is 71.0. The average molecular weight is 2020 g/mol. The summed E-state index contributed by atoms with van der Waals surface area (Å²) in [5.41, 5.74) is 37.4. The van der Waals surface area contributed by atoms with Crippen LogP contribution in [0.1, 0.15) is 72.2 Å². The molecule has 0 unspecified atom stereocenters. The molecule has 1 saturated heterocycles. The summed E-state index contributed by atoms with van der Waals surface area (Å²) >= 11 is 11.4. The number of thiophene rings is 4. The standard InChI is InChI=1S/C64H44N2S2.C38H34BNO2S.C32H22BrNS/c1-37-17-25-45(26-18-37)65-57-29-21-41(33-53(57)55-35-43(23-31-59(55)65)47-11-7-15-51-49-13-5-9-39(3)61(49)67-63(47)51)42-22-30-58-54(34-42)56-36-44(24-32-60(56)66(58)46-27-19-38(2)20-28-46)48-12-8-16-52-50-14-6-10-40(4)62(50)68-64(48)52;1-23-13-17-27(18-14-23)40-33-19-15-25(28-10-8-12-30-29-11-7-9-24(2)35(29)43-36(28)30)21-31(33)32-22-26(16-20-34(32)40)39-41-37(3,4)38(5,6)42-39;1-19-9-13-23(14-10-19)34-29-15-11-21(17-27(29)28-18-22(33)12-16-30(28)34)24-6-4-8-26-25-7-3-5-20(2)31(25)35-32(24)26/h5-36H,1-4H3;7-22H,1-6H3;3-18H,1-2H3. The molecule has 20 aromatic carbocycles. The molecule has 0 spiro atoms. The highest BCUT2D eigenvalue weighted by Gasteiger charge is 2.52. The predicted octanol–water partition coefficient (Wildman–Crippen LogP) is 38.8. The maximum Gasteiger partial charge on any atom is 0.494 e. The van der Waals surface area contributed by atoms with Crippen molar-refractivity contribution in [3.8, 4) is 78.4 Å². The van der Waals surface area contributed by atoms with Crippen molar-refractivity contribution < 1.29 is 9.31 Å². The van der Waals surface area contributed by atoms with Crippen LogP contribution in [-0.2, 0) is 9.31 Å². The number of hydrogen-bond donors (Lipinski definition) is 0. The summed E-state index contributed by atoms with van der Waals surface area (Å²) < 4.78 is 34.6. The summed E-state index contributed by atoms with van der Waals surface area (Å²) in [5.74, 6) is 0. The molecule has 0 saturated carbocycles. The van der Waals surface area contributed by atoms with Gasteiger partial charge in [0.1, 0.15) is 0 Å². The molecule has 0 radical (unpaired) electrons. The van der Waals surface area contributed by atoms with Gasteiger partial charge in [0.25, 0.3) is 0 Å². The molecule has 1 fully saturated rings. The highest BCUT2D eigenvalue weighted by atomic mass is 79.9. The van der Waals surface area contributed by atoms with Gasteiger partial charge in [0, 0.05) is 151 Å². The van der Waals surface area contributed by atoms with E-state index in [0.29, 0.717) is 0 Å². The molecule has 8 aromatic heterocycles. The van der Waals surface area contributed by atoms with Crippen molar-refractivity contribution in [3.63, 3.8) is 0 Å². The molecule has 29 rings (SSSR count). The average Bonchev–Trinajstić information content (AvgIpc) is 1.61. The molecular formula is C134H100BBrN4O2S4. The Hall–Kier alpha value is -15.1. The molecule has 1 aliphatic heterocycles. The number of benzene rings is 20. The van der Waals surface area contributed by atoms with E-state index in [2.05, 4.69) is 506 Å². The molecule has 28 aromatic rings. The number of aromatic nitrogens is 4. The maximum atomic E-state index is 6.47. The molecule has 1 aliphatic rings. The number of nitrogens with zero attached hydrogens (tertiary/aromatic N) is 4. The maximum absolute atomic E-state index is 6.47. The number of hydrogen-bond acceptors (Lipinski definition) is 6. The minimum absolute atomic E-state index is 0.392. The Morgan fingerprint density at radius 1 is 0.205 bits per heavy atom. The quantitative estimate of drug-likeness (QED) is 0.128. The summed E-state index contributed by atoms with van der Waals surface area (Å²) in [4.78, 5) is 0. The lowest BCUT2D eigenvalue weighted by Crippen LogP contribution is -2.41. The van der Waals surface area contributed by atoms with Gasteiger partial charge in [-0.15, -0.1) is 45.3 Å². The highest BCUT2D eigenvalue weighted by molar-refractivity contribution is 9.10. The molecule has 0 N–H and O–H groups in total. The number of aryl methyl sites for hydroxylation is 8. The van der Waals surface area contributed by atoms with Crippen LogP contribution in [0.25, 0.3) is 246 Å². The zero-order valence-corrected chi connectivity index (χ0v) is 88.0. The van der Waals surface area contributed by atoms with Crippen molar-refractivity contribution in [1.29, 1.82) is 0 Å². The van der Waals surface area contributed by atoms with E-state index in [-0.39, 0.29) is 0 Å². The van der Waals surface area contributed by atoms with Crippen molar-refractivity contribution in [3.05, 3.63) is 437 Å². The Kier molecular flexibility index (Phi) is 21.3. The van der Waals surface area contributed by atoms with Crippen LogP contribution < -0.4 is 5.46 Å². The van der Waals surface area contributed by atoms with Gasteiger partial charge in [0.05, 0.1) is 55.3 Å². The first kappa shape index (κ1) is 89.8. The fraction of sp³-hybridized carbons (Fsp3) is 0.104. The van der Waals surface area contributed by atoms with Gasteiger partial charge in [-0.3, -0.25) is 0 Å². The second-order valence-electron chi connectivity index (χ2n) is 41.0. The van der Waals surface area contributed by atoms with Gasteiger partial charge < -0.3 is 27.6 Å². The van der Waals surface area contributed by atoms with Gasteiger partial charge in [-0.1, -0.05) is 281 Å². The van der Waals surface area contributed by atoms with Crippen LogP contribution in [0.15, 0.2) is 393 Å². The summed E-state index contributed by atoms with van der Waals surface area (Å²) in [7, 11) is -0.411. The first-order valence-electron chi connectivity index (χ1n) is 50.3. The smallest absolute Gasteiger partial charge is 0.399 e. The van der Waals surface area contributed by atoms with E-state index in [0.717, 1.165) is 15.6 Å². The Morgan fingerprint density at radius 3 is 0.685 bits per heavy atom. The molecule has 702 valence electrons. The monoisotopic (exact) mass is 2010 g/mol. The third-order valence-corrected chi connectivity index (χ3v) is 37.3. The van der Waals surface area contributed by atoms with Gasteiger partial charge in [0.2, 0.25) is 0 Å². The van der Waals surface area contributed by atoms with Crippen LogP contribution in [0.5, 0.6) is 0 Å². The normalized spacial score (nSPS) is 13.3. The fourth-order valence-corrected chi connectivity index (χ4v) is 28.5. The van der Waals surface area contributed by atoms with E-state index in [9.17, 15) is 0 Å². The largest absolute Gasteiger partial charge is 0.494 e. The van der Waals surface area contributed by atoms with E-state index in [1.54, 1.807) is 0 Å². The Balaban J connectivity index is 0.000000116. The van der Waals surface area contributed by atoms with Gasteiger partial charge in [-0.2, -0.15) is 0 Å². The molecule has 0 atom stereocenters. The molecule has 12 heteroatoms. The predicted molar refractivity (Wildman–Crippen MR) is 637 cm³/mol. The van der Waals surface area contributed by atoms with E-state index in [1.807, 2.05) is 45.3 Å². The summed E-state index contributed by atoms with van der Waals surface area (Å²) in [6, 6.07) is 145. The van der Waals surface area contributed by atoms with Crippen molar-refractivity contribution in [2.24, 2.45) is 0 Å².